The first-order chi connectivity index (χ1) is 4.34. The van der Waals surface area contributed by atoms with Gasteiger partial charge in [0.15, 0.2) is 0 Å². The lowest BCUT2D eigenvalue weighted by molar-refractivity contribution is 0.240. The molecule has 0 heterocycles. The zero-order valence-electron chi connectivity index (χ0n) is 6.14. The first kappa shape index (κ1) is 7.07. The van der Waals surface area contributed by atoms with Gasteiger partial charge in [-0.25, -0.2) is 0 Å². The van der Waals surface area contributed by atoms with Crippen molar-refractivity contribution >= 4 is 0 Å². The lowest BCUT2D eigenvalue weighted by Gasteiger charge is -2.12. The van der Waals surface area contributed by atoms with E-state index in [-0.39, 0.29) is 0 Å². The summed E-state index contributed by atoms with van der Waals surface area (Å²) in [4.78, 5) is 0. The number of rotatable bonds is 2. The molecule has 1 aliphatic carbocycles. The summed E-state index contributed by atoms with van der Waals surface area (Å²) in [5.74, 6) is 1.70. The van der Waals surface area contributed by atoms with Crippen LogP contribution in [0.25, 0.3) is 0 Å². The molecule has 0 aliphatic heterocycles. The van der Waals surface area contributed by atoms with Crippen LogP contribution < -0.4 is 0 Å². The normalized spacial score (nSPS) is 35.3. The van der Waals surface area contributed by atoms with Gasteiger partial charge < -0.3 is 5.11 Å². The van der Waals surface area contributed by atoms with Crippen molar-refractivity contribution in [3.8, 4) is 0 Å². The Hall–Kier alpha value is -0.0400. The zero-order chi connectivity index (χ0) is 6.69. The van der Waals surface area contributed by atoms with E-state index in [1.165, 1.54) is 19.3 Å². The van der Waals surface area contributed by atoms with Crippen molar-refractivity contribution in [3.05, 3.63) is 0 Å². The van der Waals surface area contributed by atoms with Gasteiger partial charge >= 0.3 is 0 Å². The molecule has 54 valence electrons. The SMILES string of the molecule is CC1CCCC1CCO. The van der Waals surface area contributed by atoms with E-state index in [0.29, 0.717) is 6.61 Å². The van der Waals surface area contributed by atoms with Crippen LogP contribution in [-0.4, -0.2) is 11.7 Å². The molecule has 1 rings (SSSR count). The summed E-state index contributed by atoms with van der Waals surface area (Å²) in [6.07, 6.45) is 5.14. The summed E-state index contributed by atoms with van der Waals surface area (Å²) in [5.41, 5.74) is 0. The molecular weight excluding hydrogens is 112 g/mol. The average Bonchev–Trinajstić information content (AvgIpc) is 2.18. The minimum absolute atomic E-state index is 0.384. The maximum atomic E-state index is 8.64. The monoisotopic (exact) mass is 128 g/mol. The molecule has 0 spiro atoms. The average molecular weight is 128 g/mol. The Morgan fingerprint density at radius 3 is 2.67 bits per heavy atom. The third kappa shape index (κ3) is 1.68. The Morgan fingerprint density at radius 1 is 1.44 bits per heavy atom. The van der Waals surface area contributed by atoms with E-state index < -0.39 is 0 Å². The van der Waals surface area contributed by atoms with Crippen LogP contribution in [0.15, 0.2) is 0 Å². The molecule has 1 heteroatoms. The summed E-state index contributed by atoms with van der Waals surface area (Å²) >= 11 is 0. The Morgan fingerprint density at radius 2 is 2.22 bits per heavy atom. The highest BCUT2D eigenvalue weighted by Crippen LogP contribution is 2.32. The van der Waals surface area contributed by atoms with Crippen LogP contribution >= 0.6 is 0 Å². The minimum atomic E-state index is 0.384. The molecule has 0 aromatic carbocycles. The van der Waals surface area contributed by atoms with Gasteiger partial charge in [-0.05, 0) is 18.3 Å². The highest BCUT2D eigenvalue weighted by molar-refractivity contribution is 4.73. The second-order valence-corrected chi connectivity index (χ2v) is 3.18. The Labute approximate surface area is 57.1 Å². The van der Waals surface area contributed by atoms with E-state index in [1.807, 2.05) is 0 Å². The van der Waals surface area contributed by atoms with Gasteiger partial charge in [-0.3, -0.25) is 0 Å². The summed E-state index contributed by atoms with van der Waals surface area (Å²) in [6.45, 7) is 2.68. The van der Waals surface area contributed by atoms with Crippen LogP contribution in [0.1, 0.15) is 32.6 Å². The van der Waals surface area contributed by atoms with Gasteiger partial charge in [0.25, 0.3) is 0 Å². The second-order valence-electron chi connectivity index (χ2n) is 3.18. The predicted octanol–water partition coefficient (Wildman–Crippen LogP) is 1.81. The third-order valence-corrected chi connectivity index (χ3v) is 2.54. The van der Waals surface area contributed by atoms with E-state index in [9.17, 15) is 0 Å². The third-order valence-electron chi connectivity index (χ3n) is 2.54. The van der Waals surface area contributed by atoms with Gasteiger partial charge in [-0.2, -0.15) is 0 Å². The van der Waals surface area contributed by atoms with Gasteiger partial charge in [0, 0.05) is 6.61 Å². The van der Waals surface area contributed by atoms with Crippen molar-refractivity contribution in [1.82, 2.24) is 0 Å². The maximum absolute atomic E-state index is 8.64. The maximum Gasteiger partial charge on any atom is 0.0433 e. The topological polar surface area (TPSA) is 20.2 Å². The molecule has 1 aliphatic rings. The first-order valence-electron chi connectivity index (χ1n) is 3.95. The Balaban J connectivity index is 2.22. The molecule has 0 saturated heterocycles. The van der Waals surface area contributed by atoms with Crippen molar-refractivity contribution in [3.63, 3.8) is 0 Å². The number of hydrogen-bond donors (Lipinski definition) is 1. The molecule has 1 nitrogen and oxygen atoms in total. The fourth-order valence-corrected chi connectivity index (χ4v) is 1.82. The van der Waals surface area contributed by atoms with Crippen LogP contribution in [-0.2, 0) is 0 Å². The summed E-state index contributed by atoms with van der Waals surface area (Å²) in [6, 6.07) is 0. The first-order valence-corrected chi connectivity index (χ1v) is 3.95. The zero-order valence-corrected chi connectivity index (χ0v) is 6.14. The Bertz CT molecular complexity index is 80.6. The van der Waals surface area contributed by atoms with Gasteiger partial charge in [-0.15, -0.1) is 0 Å². The summed E-state index contributed by atoms with van der Waals surface area (Å²) in [5, 5.41) is 8.64. The van der Waals surface area contributed by atoms with Crippen LogP contribution in [0.2, 0.25) is 0 Å². The standard InChI is InChI=1S/C8H16O/c1-7-3-2-4-8(7)5-6-9/h7-9H,2-6H2,1H3. The predicted molar refractivity (Wildman–Crippen MR) is 38.2 cm³/mol. The van der Waals surface area contributed by atoms with E-state index in [1.54, 1.807) is 0 Å². The van der Waals surface area contributed by atoms with Crippen molar-refractivity contribution < 1.29 is 5.11 Å². The minimum Gasteiger partial charge on any atom is -0.396 e. The largest absolute Gasteiger partial charge is 0.396 e. The quantitative estimate of drug-likeness (QED) is 0.601. The van der Waals surface area contributed by atoms with Crippen LogP contribution in [0.4, 0.5) is 0 Å². The highest BCUT2D eigenvalue weighted by atomic mass is 16.3. The number of aliphatic hydroxyl groups excluding tert-OH is 1. The number of aliphatic hydroxyl groups is 1. The molecule has 0 radical (unpaired) electrons. The molecular formula is C8H16O. The molecule has 9 heavy (non-hydrogen) atoms. The van der Waals surface area contributed by atoms with E-state index >= 15 is 0 Å². The van der Waals surface area contributed by atoms with Crippen LogP contribution in [0.3, 0.4) is 0 Å². The molecule has 0 aromatic rings. The van der Waals surface area contributed by atoms with Crippen molar-refractivity contribution in [2.45, 2.75) is 32.6 Å². The molecule has 0 bridgehead atoms. The van der Waals surface area contributed by atoms with Crippen molar-refractivity contribution in [1.29, 1.82) is 0 Å². The summed E-state index contributed by atoms with van der Waals surface area (Å²) < 4.78 is 0. The lowest BCUT2D eigenvalue weighted by atomic mass is 9.95. The Kier molecular flexibility index (Phi) is 2.52. The van der Waals surface area contributed by atoms with Crippen LogP contribution in [0.5, 0.6) is 0 Å². The lowest BCUT2D eigenvalue weighted by Crippen LogP contribution is -2.05. The fraction of sp³-hybridized carbons (Fsp3) is 1.00. The van der Waals surface area contributed by atoms with Crippen molar-refractivity contribution in [2.75, 3.05) is 6.61 Å². The molecule has 1 N–H and O–H groups in total. The van der Waals surface area contributed by atoms with Gasteiger partial charge in [0.2, 0.25) is 0 Å². The molecule has 0 amide bonds. The molecule has 0 aromatic heterocycles. The van der Waals surface area contributed by atoms with E-state index in [2.05, 4.69) is 6.92 Å². The highest BCUT2D eigenvalue weighted by Gasteiger charge is 2.21. The number of hydrogen-bond acceptors (Lipinski definition) is 1. The molecule has 1 fully saturated rings. The van der Waals surface area contributed by atoms with E-state index in [4.69, 9.17) is 5.11 Å². The van der Waals surface area contributed by atoms with Crippen molar-refractivity contribution in [2.24, 2.45) is 11.8 Å². The second kappa shape index (κ2) is 3.21. The van der Waals surface area contributed by atoms with E-state index in [0.717, 1.165) is 18.3 Å². The van der Waals surface area contributed by atoms with Gasteiger partial charge in [0.05, 0.1) is 0 Å². The smallest absolute Gasteiger partial charge is 0.0433 e. The molecule has 1 saturated carbocycles. The van der Waals surface area contributed by atoms with Gasteiger partial charge in [0.1, 0.15) is 0 Å². The molecule has 2 atom stereocenters. The van der Waals surface area contributed by atoms with Crippen LogP contribution in [0, 0.1) is 11.8 Å². The molecule has 2 unspecified atom stereocenters. The van der Waals surface area contributed by atoms with Gasteiger partial charge in [-0.1, -0.05) is 26.2 Å². The summed E-state index contributed by atoms with van der Waals surface area (Å²) in [7, 11) is 0. The fourth-order valence-electron chi connectivity index (χ4n) is 1.82.